The van der Waals surface area contributed by atoms with Gasteiger partial charge in [0.2, 0.25) is 0 Å². The molecule has 0 bridgehead atoms. The Labute approximate surface area is 206 Å². The first-order chi connectivity index (χ1) is 16.4. The summed E-state index contributed by atoms with van der Waals surface area (Å²) in [4.78, 5) is 15.6. The lowest BCUT2D eigenvalue weighted by Crippen LogP contribution is -2.31. The Hall–Kier alpha value is -2.87. The minimum atomic E-state index is -3.89. The Morgan fingerprint density at radius 3 is 2.38 bits per heavy atom. The van der Waals surface area contributed by atoms with Crippen LogP contribution in [-0.2, 0) is 16.6 Å². The van der Waals surface area contributed by atoms with Gasteiger partial charge in [-0.1, -0.05) is 48.0 Å². The standard InChI is InChI=1S/C26H28ClN3O3S/c1-2-30(21-11-4-3-5-12-21)34(32,33)22-14-15-24(27)23(18-22)26(31)28-25-13-7-6-10-20(25)19-29-16-8-9-17-29/h3-7,10-15,18H,2,8-9,16-17,19H2,1H3,(H,28,31). The lowest BCUT2D eigenvalue weighted by molar-refractivity contribution is 0.102. The van der Waals surface area contributed by atoms with Crippen molar-refractivity contribution in [3.05, 3.63) is 88.9 Å². The normalized spacial score (nSPS) is 14.2. The number of benzene rings is 3. The van der Waals surface area contributed by atoms with Crippen molar-refractivity contribution in [2.75, 3.05) is 29.3 Å². The summed E-state index contributed by atoms with van der Waals surface area (Å²) >= 11 is 6.34. The maximum Gasteiger partial charge on any atom is 0.264 e. The zero-order chi connectivity index (χ0) is 24.1. The fourth-order valence-corrected chi connectivity index (χ4v) is 5.91. The van der Waals surface area contributed by atoms with Gasteiger partial charge in [0.1, 0.15) is 0 Å². The molecule has 1 heterocycles. The molecule has 1 fully saturated rings. The second-order valence-electron chi connectivity index (χ2n) is 8.24. The van der Waals surface area contributed by atoms with Crippen LogP contribution in [0.2, 0.25) is 5.02 Å². The number of hydrogen-bond donors (Lipinski definition) is 1. The van der Waals surface area contributed by atoms with Gasteiger partial charge in [-0.05, 0) is 74.8 Å². The van der Waals surface area contributed by atoms with E-state index in [0.717, 1.165) is 25.2 Å². The number of halogens is 1. The van der Waals surface area contributed by atoms with Crippen LogP contribution in [0, 0.1) is 0 Å². The SMILES string of the molecule is CCN(c1ccccc1)S(=O)(=O)c1ccc(Cl)c(C(=O)Nc2ccccc2CN2CCCC2)c1. The van der Waals surface area contributed by atoms with E-state index in [0.29, 0.717) is 11.4 Å². The number of nitrogens with zero attached hydrogens (tertiary/aromatic N) is 2. The van der Waals surface area contributed by atoms with Crippen molar-refractivity contribution < 1.29 is 13.2 Å². The highest BCUT2D eigenvalue weighted by Gasteiger charge is 2.26. The number of likely N-dealkylation sites (tertiary alicyclic amines) is 1. The van der Waals surface area contributed by atoms with Crippen LogP contribution >= 0.6 is 11.6 Å². The molecular weight excluding hydrogens is 470 g/mol. The minimum absolute atomic E-state index is 0.0121. The van der Waals surface area contributed by atoms with E-state index < -0.39 is 15.9 Å². The number of para-hydroxylation sites is 2. The average Bonchev–Trinajstić information content (AvgIpc) is 3.34. The Kier molecular flexibility index (Phi) is 7.56. The number of amides is 1. The molecule has 1 aliphatic heterocycles. The lowest BCUT2D eigenvalue weighted by atomic mass is 10.1. The van der Waals surface area contributed by atoms with E-state index in [9.17, 15) is 13.2 Å². The summed E-state index contributed by atoms with van der Waals surface area (Å²) in [6.07, 6.45) is 2.37. The molecule has 1 aliphatic rings. The van der Waals surface area contributed by atoms with Gasteiger partial charge in [0, 0.05) is 18.8 Å². The summed E-state index contributed by atoms with van der Waals surface area (Å²) in [7, 11) is -3.89. The Bertz CT molecular complexity index is 1260. The van der Waals surface area contributed by atoms with E-state index in [1.807, 2.05) is 30.3 Å². The summed E-state index contributed by atoms with van der Waals surface area (Å²) in [6, 6.07) is 20.8. The van der Waals surface area contributed by atoms with E-state index in [1.165, 1.54) is 35.3 Å². The molecule has 6 nitrogen and oxygen atoms in total. The highest BCUT2D eigenvalue weighted by molar-refractivity contribution is 7.92. The Morgan fingerprint density at radius 2 is 1.68 bits per heavy atom. The molecule has 0 aliphatic carbocycles. The lowest BCUT2D eigenvalue weighted by Gasteiger charge is -2.23. The van der Waals surface area contributed by atoms with Crippen LogP contribution < -0.4 is 9.62 Å². The van der Waals surface area contributed by atoms with Crippen LogP contribution in [0.4, 0.5) is 11.4 Å². The molecule has 0 aromatic heterocycles. The number of hydrogen-bond acceptors (Lipinski definition) is 4. The Balaban J connectivity index is 1.61. The third-order valence-corrected chi connectivity index (χ3v) is 8.19. The quantitative estimate of drug-likeness (QED) is 0.452. The summed E-state index contributed by atoms with van der Waals surface area (Å²) in [5.41, 5.74) is 2.38. The van der Waals surface area contributed by atoms with Gasteiger partial charge in [-0.3, -0.25) is 14.0 Å². The highest BCUT2D eigenvalue weighted by Crippen LogP contribution is 2.28. The summed E-state index contributed by atoms with van der Waals surface area (Å²) in [6.45, 7) is 4.86. The minimum Gasteiger partial charge on any atom is -0.322 e. The van der Waals surface area contributed by atoms with E-state index in [4.69, 9.17) is 11.6 Å². The molecule has 0 saturated carbocycles. The molecule has 0 spiro atoms. The summed E-state index contributed by atoms with van der Waals surface area (Å²) < 4.78 is 28.1. The van der Waals surface area contributed by atoms with Crippen LogP contribution in [0.5, 0.6) is 0 Å². The molecule has 34 heavy (non-hydrogen) atoms. The zero-order valence-electron chi connectivity index (χ0n) is 19.1. The van der Waals surface area contributed by atoms with Gasteiger partial charge < -0.3 is 5.32 Å². The van der Waals surface area contributed by atoms with Gasteiger partial charge in [0.15, 0.2) is 0 Å². The molecule has 0 atom stereocenters. The van der Waals surface area contributed by atoms with Crippen molar-refractivity contribution in [3.8, 4) is 0 Å². The molecule has 1 N–H and O–H groups in total. The molecule has 8 heteroatoms. The van der Waals surface area contributed by atoms with Crippen LogP contribution in [0.25, 0.3) is 0 Å². The first-order valence-corrected chi connectivity index (χ1v) is 13.2. The average molecular weight is 498 g/mol. The fraction of sp³-hybridized carbons (Fsp3) is 0.269. The van der Waals surface area contributed by atoms with Crippen LogP contribution in [0.1, 0.15) is 35.7 Å². The maximum absolute atomic E-state index is 13.4. The first-order valence-electron chi connectivity index (χ1n) is 11.4. The first kappa shape index (κ1) is 24.3. The number of anilines is 2. The van der Waals surface area contributed by atoms with Crippen LogP contribution in [0.15, 0.2) is 77.7 Å². The van der Waals surface area contributed by atoms with E-state index >= 15 is 0 Å². The predicted molar refractivity (Wildman–Crippen MR) is 137 cm³/mol. The van der Waals surface area contributed by atoms with E-state index in [2.05, 4.69) is 10.2 Å². The Morgan fingerprint density at radius 1 is 1.00 bits per heavy atom. The van der Waals surface area contributed by atoms with Crippen molar-refractivity contribution in [1.29, 1.82) is 0 Å². The molecular formula is C26H28ClN3O3S. The smallest absolute Gasteiger partial charge is 0.264 e. The molecule has 4 rings (SSSR count). The molecule has 178 valence electrons. The number of nitrogens with one attached hydrogen (secondary N) is 1. The van der Waals surface area contributed by atoms with Gasteiger partial charge in [-0.25, -0.2) is 8.42 Å². The van der Waals surface area contributed by atoms with Gasteiger partial charge in [0.05, 0.1) is 21.2 Å². The number of carbonyl (C=O) groups excluding carboxylic acids is 1. The number of rotatable bonds is 8. The molecule has 3 aromatic rings. The molecule has 0 radical (unpaired) electrons. The van der Waals surface area contributed by atoms with Crippen molar-refractivity contribution in [1.82, 2.24) is 4.90 Å². The molecule has 1 amide bonds. The van der Waals surface area contributed by atoms with Crippen LogP contribution in [0.3, 0.4) is 0 Å². The summed E-state index contributed by atoms with van der Waals surface area (Å²) in [5, 5.41) is 3.13. The third kappa shape index (κ3) is 5.27. The fourth-order valence-electron chi connectivity index (χ4n) is 4.20. The van der Waals surface area contributed by atoms with Crippen molar-refractivity contribution in [3.63, 3.8) is 0 Å². The van der Waals surface area contributed by atoms with Gasteiger partial charge in [0.25, 0.3) is 15.9 Å². The van der Waals surface area contributed by atoms with Crippen molar-refractivity contribution in [2.24, 2.45) is 0 Å². The van der Waals surface area contributed by atoms with E-state index in [1.54, 1.807) is 31.2 Å². The van der Waals surface area contributed by atoms with E-state index in [-0.39, 0.29) is 22.0 Å². The van der Waals surface area contributed by atoms with Gasteiger partial charge in [-0.15, -0.1) is 0 Å². The second-order valence-corrected chi connectivity index (χ2v) is 10.5. The van der Waals surface area contributed by atoms with Crippen molar-refractivity contribution in [2.45, 2.75) is 31.2 Å². The number of sulfonamides is 1. The topological polar surface area (TPSA) is 69.7 Å². The maximum atomic E-state index is 13.4. The van der Waals surface area contributed by atoms with Crippen molar-refractivity contribution >= 4 is 38.9 Å². The second kappa shape index (κ2) is 10.6. The predicted octanol–water partition coefficient (Wildman–Crippen LogP) is 5.40. The number of carbonyl (C=O) groups is 1. The zero-order valence-corrected chi connectivity index (χ0v) is 20.6. The van der Waals surface area contributed by atoms with Gasteiger partial charge in [-0.2, -0.15) is 0 Å². The van der Waals surface area contributed by atoms with Crippen LogP contribution in [-0.4, -0.2) is 38.9 Å². The molecule has 3 aromatic carbocycles. The molecule has 0 unspecified atom stereocenters. The highest BCUT2D eigenvalue weighted by atomic mass is 35.5. The monoisotopic (exact) mass is 497 g/mol. The summed E-state index contributed by atoms with van der Waals surface area (Å²) in [5.74, 6) is -0.446. The van der Waals surface area contributed by atoms with Gasteiger partial charge >= 0.3 is 0 Å². The molecule has 1 saturated heterocycles. The third-order valence-electron chi connectivity index (χ3n) is 5.96. The largest absolute Gasteiger partial charge is 0.322 e.